The molecule has 3 amide bonds. The molecular formula is C19H23N3O4. The topological polar surface area (TPSA) is 79.0 Å². The Labute approximate surface area is 152 Å². The van der Waals surface area contributed by atoms with Gasteiger partial charge in [0.05, 0.1) is 23.8 Å². The van der Waals surface area contributed by atoms with Crippen LogP contribution in [-0.2, 0) is 4.74 Å². The number of hydrogen-bond donors (Lipinski definition) is 1. The normalized spacial score (nSPS) is 25.7. The van der Waals surface area contributed by atoms with Crippen LogP contribution in [0.3, 0.4) is 0 Å². The summed E-state index contributed by atoms with van der Waals surface area (Å²) < 4.78 is 5.55. The number of imide groups is 1. The number of piperazine rings is 1. The number of amides is 3. The van der Waals surface area contributed by atoms with Crippen LogP contribution in [0.25, 0.3) is 0 Å². The molecule has 4 rings (SSSR count). The summed E-state index contributed by atoms with van der Waals surface area (Å²) in [5.41, 5.74) is 1.15. The predicted molar refractivity (Wildman–Crippen MR) is 94.2 cm³/mol. The molecule has 2 fully saturated rings. The van der Waals surface area contributed by atoms with E-state index >= 15 is 0 Å². The van der Waals surface area contributed by atoms with Crippen molar-refractivity contribution in [2.45, 2.75) is 31.9 Å². The van der Waals surface area contributed by atoms with Gasteiger partial charge in [0.25, 0.3) is 17.7 Å². The van der Waals surface area contributed by atoms with Crippen LogP contribution in [-0.4, -0.2) is 72.5 Å². The Morgan fingerprint density at radius 2 is 2.08 bits per heavy atom. The van der Waals surface area contributed by atoms with E-state index in [1.807, 2.05) is 11.8 Å². The Kier molecular flexibility index (Phi) is 4.50. The lowest BCUT2D eigenvalue weighted by Crippen LogP contribution is -2.52. The lowest BCUT2D eigenvalue weighted by molar-refractivity contribution is 0.0475. The Morgan fingerprint density at radius 3 is 2.81 bits per heavy atom. The fraction of sp³-hybridized carbons (Fsp3) is 0.526. The maximum Gasteiger partial charge on any atom is 0.261 e. The van der Waals surface area contributed by atoms with E-state index in [0.29, 0.717) is 29.8 Å². The Bertz CT molecular complexity index is 757. The van der Waals surface area contributed by atoms with E-state index in [9.17, 15) is 14.4 Å². The van der Waals surface area contributed by atoms with E-state index in [4.69, 9.17) is 4.74 Å². The minimum absolute atomic E-state index is 0.0833. The zero-order valence-corrected chi connectivity index (χ0v) is 14.9. The number of hydrogen-bond acceptors (Lipinski definition) is 5. The first kappa shape index (κ1) is 17.2. The van der Waals surface area contributed by atoms with Gasteiger partial charge in [0.1, 0.15) is 0 Å². The van der Waals surface area contributed by atoms with Crippen molar-refractivity contribution in [1.82, 2.24) is 15.1 Å². The van der Waals surface area contributed by atoms with Gasteiger partial charge in [0.2, 0.25) is 0 Å². The molecule has 0 bridgehead atoms. The van der Waals surface area contributed by atoms with Crippen LogP contribution in [0.2, 0.25) is 0 Å². The highest BCUT2D eigenvalue weighted by atomic mass is 16.5. The number of carbonyl (C=O) groups excluding carboxylic acids is 3. The third-order valence-corrected chi connectivity index (χ3v) is 5.39. The largest absolute Gasteiger partial charge is 0.376 e. The predicted octanol–water partition coefficient (Wildman–Crippen LogP) is 0.895. The molecule has 7 heteroatoms. The Morgan fingerprint density at radius 1 is 1.27 bits per heavy atom. The standard InChI is InChI=1S/C19H23N3O4/c1-12-10-20-6-7-21(12)17(23)13-4-5-15-16(9-13)19(25)22(18(15)24)11-14-3-2-8-26-14/h4-5,9,12,14,20H,2-3,6-8,10-11H2,1H3/t12-,14?/m1/s1. The number of nitrogens with zero attached hydrogens (tertiary/aromatic N) is 2. The maximum atomic E-state index is 12.8. The molecular weight excluding hydrogens is 334 g/mol. The van der Waals surface area contributed by atoms with E-state index in [-0.39, 0.29) is 36.4 Å². The zero-order valence-electron chi connectivity index (χ0n) is 14.9. The molecule has 1 unspecified atom stereocenters. The smallest absolute Gasteiger partial charge is 0.261 e. The van der Waals surface area contributed by atoms with Gasteiger partial charge < -0.3 is 15.0 Å². The summed E-state index contributed by atoms with van der Waals surface area (Å²) in [5.74, 6) is -0.724. The van der Waals surface area contributed by atoms with Crippen molar-refractivity contribution >= 4 is 17.7 Å². The van der Waals surface area contributed by atoms with Gasteiger partial charge in [0.15, 0.2) is 0 Å². The van der Waals surface area contributed by atoms with Crippen LogP contribution in [0, 0.1) is 0 Å². The number of benzene rings is 1. The number of fused-ring (bicyclic) bond motifs is 1. The molecule has 3 aliphatic heterocycles. The van der Waals surface area contributed by atoms with Crippen LogP contribution in [0.5, 0.6) is 0 Å². The van der Waals surface area contributed by atoms with Crippen LogP contribution in [0.1, 0.15) is 50.8 Å². The van der Waals surface area contributed by atoms with Crippen molar-refractivity contribution in [3.05, 3.63) is 34.9 Å². The van der Waals surface area contributed by atoms with E-state index < -0.39 is 0 Å². The second kappa shape index (κ2) is 6.81. The van der Waals surface area contributed by atoms with Crippen molar-refractivity contribution in [3.8, 4) is 0 Å². The molecule has 1 N–H and O–H groups in total. The van der Waals surface area contributed by atoms with Crippen LogP contribution in [0.4, 0.5) is 0 Å². The molecule has 0 aromatic heterocycles. The summed E-state index contributed by atoms with van der Waals surface area (Å²) in [6.45, 7) is 5.10. The van der Waals surface area contributed by atoms with Crippen molar-refractivity contribution < 1.29 is 19.1 Å². The summed E-state index contributed by atoms with van der Waals surface area (Å²) in [6.07, 6.45) is 1.73. The van der Waals surface area contributed by atoms with Gasteiger partial charge >= 0.3 is 0 Å². The van der Waals surface area contributed by atoms with Gasteiger partial charge in [-0.3, -0.25) is 19.3 Å². The molecule has 138 valence electrons. The van der Waals surface area contributed by atoms with Crippen LogP contribution in [0.15, 0.2) is 18.2 Å². The molecule has 0 aliphatic carbocycles. The molecule has 0 radical (unpaired) electrons. The highest BCUT2D eigenvalue weighted by Crippen LogP contribution is 2.26. The molecule has 1 aromatic rings. The number of nitrogens with one attached hydrogen (secondary N) is 1. The van der Waals surface area contributed by atoms with Crippen molar-refractivity contribution in [1.29, 1.82) is 0 Å². The first-order chi connectivity index (χ1) is 12.6. The average Bonchev–Trinajstić information content (AvgIpc) is 3.25. The third-order valence-electron chi connectivity index (χ3n) is 5.39. The maximum absolute atomic E-state index is 12.8. The van der Waals surface area contributed by atoms with E-state index in [0.717, 1.165) is 25.9 Å². The van der Waals surface area contributed by atoms with Gasteiger partial charge in [-0.2, -0.15) is 0 Å². The van der Waals surface area contributed by atoms with Gasteiger partial charge in [-0.05, 0) is 38.0 Å². The summed E-state index contributed by atoms with van der Waals surface area (Å²) in [5, 5.41) is 3.25. The van der Waals surface area contributed by atoms with E-state index in [1.165, 1.54) is 4.90 Å². The van der Waals surface area contributed by atoms with Crippen LogP contribution < -0.4 is 5.32 Å². The van der Waals surface area contributed by atoms with Gasteiger partial charge in [0, 0.05) is 37.8 Å². The monoisotopic (exact) mass is 357 g/mol. The highest BCUT2D eigenvalue weighted by Gasteiger charge is 2.38. The number of ether oxygens (including phenoxy) is 1. The lowest BCUT2D eigenvalue weighted by atomic mass is 10.0. The first-order valence-electron chi connectivity index (χ1n) is 9.20. The zero-order chi connectivity index (χ0) is 18.3. The molecule has 2 atom stereocenters. The van der Waals surface area contributed by atoms with Gasteiger partial charge in [-0.25, -0.2) is 0 Å². The van der Waals surface area contributed by atoms with Crippen molar-refractivity contribution in [2.24, 2.45) is 0 Å². The molecule has 0 saturated carbocycles. The second-order valence-corrected chi connectivity index (χ2v) is 7.17. The Hall–Kier alpha value is -2.25. The fourth-order valence-electron chi connectivity index (χ4n) is 3.89. The van der Waals surface area contributed by atoms with E-state index in [2.05, 4.69) is 5.32 Å². The molecule has 7 nitrogen and oxygen atoms in total. The number of carbonyl (C=O) groups is 3. The molecule has 2 saturated heterocycles. The SMILES string of the molecule is C[C@@H]1CNCCN1C(=O)c1ccc2c(c1)C(=O)N(CC1CCCO1)C2=O. The lowest BCUT2D eigenvalue weighted by Gasteiger charge is -2.34. The van der Waals surface area contributed by atoms with E-state index in [1.54, 1.807) is 18.2 Å². The summed E-state index contributed by atoms with van der Waals surface area (Å²) in [6, 6.07) is 4.92. The first-order valence-corrected chi connectivity index (χ1v) is 9.20. The second-order valence-electron chi connectivity index (χ2n) is 7.17. The Balaban J connectivity index is 1.56. The van der Waals surface area contributed by atoms with Crippen molar-refractivity contribution in [3.63, 3.8) is 0 Å². The fourth-order valence-corrected chi connectivity index (χ4v) is 3.89. The average molecular weight is 357 g/mol. The minimum atomic E-state index is -0.330. The van der Waals surface area contributed by atoms with Crippen molar-refractivity contribution in [2.75, 3.05) is 32.8 Å². The minimum Gasteiger partial charge on any atom is -0.376 e. The highest BCUT2D eigenvalue weighted by molar-refractivity contribution is 6.22. The summed E-state index contributed by atoms with van der Waals surface area (Å²) >= 11 is 0. The van der Waals surface area contributed by atoms with Gasteiger partial charge in [-0.15, -0.1) is 0 Å². The third kappa shape index (κ3) is 2.91. The molecule has 1 aromatic carbocycles. The summed E-state index contributed by atoms with van der Waals surface area (Å²) in [7, 11) is 0. The molecule has 0 spiro atoms. The molecule has 26 heavy (non-hydrogen) atoms. The number of rotatable bonds is 3. The van der Waals surface area contributed by atoms with Crippen LogP contribution >= 0.6 is 0 Å². The molecule has 3 aliphatic rings. The quantitative estimate of drug-likeness (QED) is 0.813. The molecule has 3 heterocycles. The summed E-state index contributed by atoms with van der Waals surface area (Å²) in [4.78, 5) is 41.2. The van der Waals surface area contributed by atoms with Gasteiger partial charge in [-0.1, -0.05) is 0 Å².